The summed E-state index contributed by atoms with van der Waals surface area (Å²) in [6.07, 6.45) is 6.85. The van der Waals surface area contributed by atoms with Gasteiger partial charge in [0.15, 0.2) is 5.15 Å². The van der Waals surface area contributed by atoms with Crippen LogP contribution in [0.4, 0.5) is 5.82 Å². The van der Waals surface area contributed by atoms with Gasteiger partial charge >= 0.3 is 0 Å². The Morgan fingerprint density at radius 3 is 2.88 bits per heavy atom. The molecule has 0 spiro atoms. The predicted octanol–water partition coefficient (Wildman–Crippen LogP) is 4.23. The second-order valence-corrected chi connectivity index (χ2v) is 7.76. The zero-order valence-electron chi connectivity index (χ0n) is 15.0. The first-order valence-corrected chi connectivity index (χ1v) is 9.74. The van der Waals surface area contributed by atoms with Gasteiger partial charge in [-0.25, -0.2) is 9.97 Å². The monoisotopic (exact) mass is 370 g/mol. The summed E-state index contributed by atoms with van der Waals surface area (Å²) in [5, 5.41) is 11.5. The molecule has 0 amide bonds. The predicted molar refractivity (Wildman–Crippen MR) is 103 cm³/mol. The highest BCUT2D eigenvalue weighted by atomic mass is 35.5. The third-order valence-corrected chi connectivity index (χ3v) is 6.04. The van der Waals surface area contributed by atoms with Crippen LogP contribution in [0.3, 0.4) is 0 Å². The molecule has 1 aliphatic heterocycles. The van der Waals surface area contributed by atoms with Crippen LogP contribution in [0.5, 0.6) is 0 Å². The first-order chi connectivity index (χ1) is 12.6. The molecule has 2 aromatic rings. The van der Waals surface area contributed by atoms with Gasteiger partial charge in [0.2, 0.25) is 0 Å². The molecule has 1 saturated heterocycles. The lowest BCUT2D eigenvalue weighted by atomic mass is 9.69. The van der Waals surface area contributed by atoms with Crippen molar-refractivity contribution in [1.82, 2.24) is 9.97 Å². The molecule has 1 aliphatic carbocycles. The van der Waals surface area contributed by atoms with Gasteiger partial charge in [0.25, 0.3) is 0 Å². The van der Waals surface area contributed by atoms with Gasteiger partial charge in [-0.1, -0.05) is 30.9 Å². The highest BCUT2D eigenvalue weighted by molar-refractivity contribution is 6.33. The van der Waals surface area contributed by atoms with Gasteiger partial charge in [0.1, 0.15) is 11.3 Å². The van der Waals surface area contributed by atoms with E-state index in [4.69, 9.17) is 21.3 Å². The van der Waals surface area contributed by atoms with Crippen molar-refractivity contribution in [1.29, 1.82) is 5.26 Å². The van der Waals surface area contributed by atoms with Crippen LogP contribution in [-0.4, -0.2) is 35.8 Å². The van der Waals surface area contributed by atoms with Gasteiger partial charge in [0, 0.05) is 18.1 Å². The molecular weight excluding hydrogens is 348 g/mol. The number of nitrogens with zero attached hydrogens (tertiary/aromatic N) is 4. The number of anilines is 1. The molecule has 4 rings (SSSR count). The number of morpholine rings is 1. The smallest absolute Gasteiger partial charge is 0.155 e. The summed E-state index contributed by atoms with van der Waals surface area (Å²) < 4.78 is 5.57. The SMILES string of the molecule is C[C@@H]1COCCN1c1cc(C2(C#N)CCCCC2)c2ccnc(Cl)c2n1. The van der Waals surface area contributed by atoms with E-state index in [0.717, 1.165) is 49.0 Å². The molecular formula is C20H23ClN4O. The molecule has 136 valence electrons. The minimum atomic E-state index is -0.464. The Labute approximate surface area is 158 Å². The van der Waals surface area contributed by atoms with Gasteiger partial charge in [-0.3, -0.25) is 0 Å². The molecule has 1 saturated carbocycles. The number of pyridine rings is 2. The number of hydrogen-bond donors (Lipinski definition) is 0. The van der Waals surface area contributed by atoms with Crippen molar-refractivity contribution >= 4 is 28.3 Å². The fourth-order valence-electron chi connectivity index (χ4n) is 4.31. The van der Waals surface area contributed by atoms with Gasteiger partial charge in [-0.15, -0.1) is 0 Å². The van der Waals surface area contributed by atoms with E-state index in [-0.39, 0.29) is 6.04 Å². The van der Waals surface area contributed by atoms with Crippen molar-refractivity contribution in [3.05, 3.63) is 29.0 Å². The average molecular weight is 371 g/mol. The maximum absolute atomic E-state index is 10.1. The third kappa shape index (κ3) is 2.91. The normalized spacial score (nSPS) is 23.0. The second-order valence-electron chi connectivity index (χ2n) is 7.40. The summed E-state index contributed by atoms with van der Waals surface area (Å²) in [4.78, 5) is 11.3. The number of fused-ring (bicyclic) bond motifs is 1. The Morgan fingerprint density at radius 1 is 1.35 bits per heavy atom. The van der Waals surface area contributed by atoms with Gasteiger partial charge in [-0.2, -0.15) is 5.26 Å². The maximum atomic E-state index is 10.1. The average Bonchev–Trinajstić information content (AvgIpc) is 2.68. The zero-order valence-corrected chi connectivity index (χ0v) is 15.8. The van der Waals surface area contributed by atoms with Crippen LogP contribution in [0.25, 0.3) is 10.9 Å². The molecule has 0 N–H and O–H groups in total. The highest BCUT2D eigenvalue weighted by Crippen LogP contribution is 2.43. The summed E-state index contributed by atoms with van der Waals surface area (Å²) in [6.45, 7) is 4.29. The molecule has 2 aliphatic rings. The summed E-state index contributed by atoms with van der Waals surface area (Å²) in [7, 11) is 0. The zero-order chi connectivity index (χ0) is 18.1. The molecule has 0 aromatic carbocycles. The highest BCUT2D eigenvalue weighted by Gasteiger charge is 2.37. The quantitative estimate of drug-likeness (QED) is 0.740. The lowest BCUT2D eigenvalue weighted by Gasteiger charge is -2.36. The fraction of sp³-hybridized carbons (Fsp3) is 0.550. The van der Waals surface area contributed by atoms with E-state index in [1.54, 1.807) is 6.20 Å². The Balaban J connectivity index is 1.93. The van der Waals surface area contributed by atoms with E-state index in [2.05, 4.69) is 28.9 Å². The molecule has 0 radical (unpaired) electrons. The number of ether oxygens (including phenoxy) is 1. The number of halogens is 1. The molecule has 2 aromatic heterocycles. The van der Waals surface area contributed by atoms with E-state index < -0.39 is 5.41 Å². The summed E-state index contributed by atoms with van der Waals surface area (Å²) in [5.74, 6) is 0.874. The van der Waals surface area contributed by atoms with E-state index in [0.29, 0.717) is 23.9 Å². The number of aromatic nitrogens is 2. The third-order valence-electron chi connectivity index (χ3n) is 5.77. The Kier molecular flexibility index (Phi) is 4.73. The lowest BCUT2D eigenvalue weighted by Crippen LogP contribution is -2.44. The van der Waals surface area contributed by atoms with Gasteiger partial charge in [0.05, 0.1) is 30.7 Å². The van der Waals surface area contributed by atoms with Crippen molar-refractivity contribution in [3.8, 4) is 6.07 Å². The van der Waals surface area contributed by atoms with Crippen LogP contribution in [0.15, 0.2) is 18.3 Å². The Bertz CT molecular complexity index is 857. The molecule has 0 unspecified atom stereocenters. The fourth-order valence-corrected chi connectivity index (χ4v) is 4.51. The summed E-state index contributed by atoms with van der Waals surface area (Å²) in [5.41, 5.74) is 1.29. The van der Waals surface area contributed by atoms with Crippen LogP contribution in [-0.2, 0) is 10.2 Å². The number of hydrogen-bond acceptors (Lipinski definition) is 5. The van der Waals surface area contributed by atoms with E-state index in [1.807, 2.05) is 6.07 Å². The standard InChI is InChI=1S/C20H23ClN4O/c1-14-12-26-10-9-25(14)17-11-16(20(13-22)6-3-2-4-7-20)15-5-8-23-19(21)18(15)24-17/h5,8,11,14H,2-4,6-7,9-10,12H2,1H3/t14-/m1/s1. The van der Waals surface area contributed by atoms with Crippen LogP contribution < -0.4 is 4.90 Å². The van der Waals surface area contributed by atoms with Crippen LogP contribution in [0.2, 0.25) is 5.15 Å². The van der Waals surface area contributed by atoms with Crippen molar-refractivity contribution in [2.75, 3.05) is 24.7 Å². The van der Waals surface area contributed by atoms with E-state index >= 15 is 0 Å². The molecule has 2 fully saturated rings. The lowest BCUT2D eigenvalue weighted by molar-refractivity contribution is 0.0985. The van der Waals surface area contributed by atoms with Crippen LogP contribution >= 0.6 is 11.6 Å². The first kappa shape index (κ1) is 17.5. The van der Waals surface area contributed by atoms with Gasteiger partial charge in [-0.05, 0) is 37.5 Å². The maximum Gasteiger partial charge on any atom is 0.155 e. The molecule has 0 bridgehead atoms. The van der Waals surface area contributed by atoms with Crippen molar-refractivity contribution in [2.45, 2.75) is 50.5 Å². The molecule has 3 heterocycles. The second kappa shape index (κ2) is 7.02. The molecule has 5 nitrogen and oxygen atoms in total. The molecule has 6 heteroatoms. The van der Waals surface area contributed by atoms with E-state index in [9.17, 15) is 5.26 Å². The van der Waals surface area contributed by atoms with Crippen LogP contribution in [0, 0.1) is 11.3 Å². The number of nitriles is 1. The summed E-state index contributed by atoms with van der Waals surface area (Å²) in [6, 6.07) is 6.96. The van der Waals surface area contributed by atoms with Crippen molar-refractivity contribution < 1.29 is 4.74 Å². The number of rotatable bonds is 2. The van der Waals surface area contributed by atoms with Crippen molar-refractivity contribution in [3.63, 3.8) is 0 Å². The summed E-state index contributed by atoms with van der Waals surface area (Å²) >= 11 is 6.40. The first-order valence-electron chi connectivity index (χ1n) is 9.36. The minimum Gasteiger partial charge on any atom is -0.377 e. The van der Waals surface area contributed by atoms with E-state index in [1.165, 1.54) is 6.42 Å². The minimum absolute atomic E-state index is 0.237. The molecule has 26 heavy (non-hydrogen) atoms. The van der Waals surface area contributed by atoms with Gasteiger partial charge < -0.3 is 9.64 Å². The van der Waals surface area contributed by atoms with Crippen LogP contribution in [0.1, 0.15) is 44.6 Å². The Morgan fingerprint density at radius 2 is 2.15 bits per heavy atom. The van der Waals surface area contributed by atoms with Crippen molar-refractivity contribution in [2.24, 2.45) is 0 Å². The topological polar surface area (TPSA) is 62.0 Å². The largest absolute Gasteiger partial charge is 0.377 e. The molecule has 1 atom stereocenters. The Hall–Kier alpha value is -1.90.